The van der Waals surface area contributed by atoms with E-state index in [-0.39, 0.29) is 18.1 Å². The summed E-state index contributed by atoms with van der Waals surface area (Å²) in [5.41, 5.74) is 0.753. The number of ketones is 1. The van der Waals surface area contributed by atoms with Crippen LogP contribution in [0.3, 0.4) is 0 Å². The first-order valence-corrected chi connectivity index (χ1v) is 8.67. The molecule has 0 saturated carbocycles. The number of hydrogen-bond acceptors (Lipinski definition) is 3. The summed E-state index contributed by atoms with van der Waals surface area (Å²) in [6, 6.07) is 0. The van der Waals surface area contributed by atoms with E-state index in [4.69, 9.17) is 5.11 Å². The molecule has 24 heavy (non-hydrogen) atoms. The highest BCUT2D eigenvalue weighted by Crippen LogP contribution is 2.26. The van der Waals surface area contributed by atoms with Gasteiger partial charge >= 0.3 is 5.97 Å². The van der Waals surface area contributed by atoms with E-state index >= 15 is 0 Å². The molecule has 1 rings (SSSR count). The number of allylic oxidation sites excluding steroid dienone is 6. The van der Waals surface area contributed by atoms with Gasteiger partial charge in [0.2, 0.25) is 0 Å². The van der Waals surface area contributed by atoms with Gasteiger partial charge in [0.25, 0.3) is 0 Å². The Labute approximate surface area is 144 Å². The molecular formula is C20H28O4. The summed E-state index contributed by atoms with van der Waals surface area (Å²) in [6.45, 7) is 2.05. The average molecular weight is 332 g/mol. The Morgan fingerprint density at radius 3 is 2.75 bits per heavy atom. The van der Waals surface area contributed by atoms with E-state index < -0.39 is 12.1 Å². The average Bonchev–Trinajstić information content (AvgIpc) is 2.89. The Hall–Kier alpha value is -1.94. The summed E-state index contributed by atoms with van der Waals surface area (Å²) in [6.07, 6.45) is 17.2. The Morgan fingerprint density at radius 2 is 2.04 bits per heavy atom. The largest absolute Gasteiger partial charge is 0.481 e. The minimum Gasteiger partial charge on any atom is -0.481 e. The van der Waals surface area contributed by atoms with Gasteiger partial charge in [-0.3, -0.25) is 9.59 Å². The number of carboxylic acid groups (broad SMARTS) is 1. The Bertz CT molecular complexity index is 526. The monoisotopic (exact) mass is 332 g/mol. The fourth-order valence-corrected chi connectivity index (χ4v) is 2.55. The standard InChI is InChI=1S/C20H28O4/c1-2-3-6-10-17(21)13-14-18-16(12-15-19(18)22)9-7-4-5-8-11-20(23)24/h3-4,6-7,12,14-17,21H,2,5,8-11,13H2,1H3,(H,23,24). The van der Waals surface area contributed by atoms with Crippen LogP contribution in [0.5, 0.6) is 0 Å². The maximum Gasteiger partial charge on any atom is 0.303 e. The number of aliphatic hydroxyl groups is 1. The third kappa shape index (κ3) is 8.06. The molecule has 4 nitrogen and oxygen atoms in total. The van der Waals surface area contributed by atoms with Crippen LogP contribution < -0.4 is 0 Å². The zero-order valence-corrected chi connectivity index (χ0v) is 14.4. The van der Waals surface area contributed by atoms with E-state index in [1.54, 1.807) is 6.08 Å². The van der Waals surface area contributed by atoms with E-state index in [0.717, 1.165) is 24.8 Å². The van der Waals surface area contributed by atoms with Crippen LogP contribution in [-0.4, -0.2) is 28.1 Å². The molecule has 2 unspecified atom stereocenters. The van der Waals surface area contributed by atoms with Crippen LogP contribution in [0.15, 0.2) is 48.1 Å². The summed E-state index contributed by atoms with van der Waals surface area (Å²) >= 11 is 0. The number of hydrogen-bond donors (Lipinski definition) is 2. The highest BCUT2D eigenvalue weighted by atomic mass is 16.4. The van der Waals surface area contributed by atoms with Crippen molar-refractivity contribution in [2.45, 2.75) is 58.0 Å². The number of aliphatic carboxylic acids is 1. The maximum atomic E-state index is 11.9. The first-order chi connectivity index (χ1) is 11.5. The molecule has 0 aliphatic heterocycles. The molecule has 1 aliphatic rings. The number of aliphatic hydroxyl groups excluding tert-OH is 1. The molecule has 1 aliphatic carbocycles. The lowest BCUT2D eigenvalue weighted by Crippen LogP contribution is -2.07. The van der Waals surface area contributed by atoms with Gasteiger partial charge in [0.15, 0.2) is 5.78 Å². The zero-order chi connectivity index (χ0) is 17.8. The molecule has 0 spiro atoms. The Morgan fingerprint density at radius 1 is 1.25 bits per heavy atom. The van der Waals surface area contributed by atoms with Crippen molar-refractivity contribution in [2.24, 2.45) is 5.92 Å². The van der Waals surface area contributed by atoms with Gasteiger partial charge in [-0.1, -0.05) is 43.4 Å². The van der Waals surface area contributed by atoms with E-state index in [1.807, 2.05) is 43.4 Å². The smallest absolute Gasteiger partial charge is 0.303 e. The van der Waals surface area contributed by atoms with Gasteiger partial charge < -0.3 is 10.2 Å². The van der Waals surface area contributed by atoms with Gasteiger partial charge in [-0.25, -0.2) is 0 Å². The van der Waals surface area contributed by atoms with Crippen LogP contribution in [-0.2, 0) is 9.59 Å². The molecule has 0 saturated heterocycles. The van der Waals surface area contributed by atoms with Gasteiger partial charge in [-0.2, -0.15) is 0 Å². The molecule has 0 fully saturated rings. The predicted octanol–water partition coefficient (Wildman–Crippen LogP) is 3.98. The van der Waals surface area contributed by atoms with Crippen molar-refractivity contribution in [1.29, 1.82) is 0 Å². The summed E-state index contributed by atoms with van der Waals surface area (Å²) < 4.78 is 0. The molecule has 0 amide bonds. The molecule has 2 atom stereocenters. The fourth-order valence-electron chi connectivity index (χ4n) is 2.55. The quantitative estimate of drug-likeness (QED) is 0.341. The van der Waals surface area contributed by atoms with Crippen molar-refractivity contribution < 1.29 is 19.8 Å². The van der Waals surface area contributed by atoms with Gasteiger partial charge in [0, 0.05) is 17.9 Å². The van der Waals surface area contributed by atoms with Crippen molar-refractivity contribution in [1.82, 2.24) is 0 Å². The summed E-state index contributed by atoms with van der Waals surface area (Å²) in [5.74, 6) is -0.688. The topological polar surface area (TPSA) is 74.6 Å². The van der Waals surface area contributed by atoms with Crippen molar-refractivity contribution in [2.75, 3.05) is 0 Å². The second-order valence-corrected chi connectivity index (χ2v) is 5.99. The van der Waals surface area contributed by atoms with Gasteiger partial charge in [-0.05, 0) is 44.6 Å². The minimum atomic E-state index is -0.773. The first-order valence-electron chi connectivity index (χ1n) is 8.67. The number of carbonyl (C=O) groups excluding carboxylic acids is 1. The van der Waals surface area contributed by atoms with E-state index in [0.29, 0.717) is 19.3 Å². The van der Waals surface area contributed by atoms with Crippen LogP contribution >= 0.6 is 0 Å². The maximum absolute atomic E-state index is 11.9. The highest BCUT2D eigenvalue weighted by molar-refractivity contribution is 6.07. The lowest BCUT2D eigenvalue weighted by Gasteiger charge is -2.10. The van der Waals surface area contributed by atoms with E-state index in [1.165, 1.54) is 0 Å². The van der Waals surface area contributed by atoms with Crippen LogP contribution in [0.4, 0.5) is 0 Å². The van der Waals surface area contributed by atoms with Gasteiger partial charge in [-0.15, -0.1) is 0 Å². The number of rotatable bonds is 11. The molecule has 0 aromatic heterocycles. The number of unbranched alkanes of at least 4 members (excludes halogenated alkanes) is 1. The molecule has 0 aromatic rings. The van der Waals surface area contributed by atoms with Crippen molar-refractivity contribution >= 4 is 11.8 Å². The number of carbonyl (C=O) groups is 2. The first kappa shape index (κ1) is 20.1. The lowest BCUT2D eigenvalue weighted by molar-refractivity contribution is -0.137. The second kappa shape index (κ2) is 11.6. The Kier molecular flexibility index (Phi) is 9.70. The van der Waals surface area contributed by atoms with Crippen molar-refractivity contribution in [3.63, 3.8) is 0 Å². The third-order valence-corrected chi connectivity index (χ3v) is 3.90. The number of carboxylic acids is 1. The van der Waals surface area contributed by atoms with Gasteiger partial charge in [0.1, 0.15) is 0 Å². The van der Waals surface area contributed by atoms with Crippen molar-refractivity contribution in [3.05, 3.63) is 48.1 Å². The Balaban J connectivity index is 2.43. The summed E-state index contributed by atoms with van der Waals surface area (Å²) in [7, 11) is 0. The summed E-state index contributed by atoms with van der Waals surface area (Å²) in [5, 5.41) is 18.5. The normalized spacial score (nSPS) is 20.7. The van der Waals surface area contributed by atoms with Crippen LogP contribution in [0.1, 0.15) is 51.9 Å². The highest BCUT2D eigenvalue weighted by Gasteiger charge is 2.21. The molecule has 0 bridgehead atoms. The van der Waals surface area contributed by atoms with E-state index in [2.05, 4.69) is 0 Å². The van der Waals surface area contributed by atoms with Crippen LogP contribution in [0.25, 0.3) is 0 Å². The zero-order valence-electron chi connectivity index (χ0n) is 14.4. The molecule has 2 N–H and O–H groups in total. The van der Waals surface area contributed by atoms with Crippen LogP contribution in [0, 0.1) is 5.92 Å². The molecule has 4 heteroatoms. The van der Waals surface area contributed by atoms with Crippen LogP contribution in [0.2, 0.25) is 0 Å². The van der Waals surface area contributed by atoms with Gasteiger partial charge in [0.05, 0.1) is 6.10 Å². The van der Waals surface area contributed by atoms with E-state index in [9.17, 15) is 14.7 Å². The molecule has 132 valence electrons. The SMILES string of the molecule is CCC=CCC(O)CC=C1C(=O)C=CC1CC=CCCCC(=O)O. The predicted molar refractivity (Wildman–Crippen MR) is 95.6 cm³/mol. The molecule has 0 aromatic carbocycles. The summed E-state index contributed by atoms with van der Waals surface area (Å²) in [4.78, 5) is 22.4. The lowest BCUT2D eigenvalue weighted by atomic mass is 9.96. The fraction of sp³-hybridized carbons (Fsp3) is 0.500. The van der Waals surface area contributed by atoms with Crippen molar-refractivity contribution in [3.8, 4) is 0 Å². The second-order valence-electron chi connectivity index (χ2n) is 5.99. The molecule has 0 radical (unpaired) electrons. The molecule has 0 heterocycles. The third-order valence-electron chi connectivity index (χ3n) is 3.90. The molecular weight excluding hydrogens is 304 g/mol. The minimum absolute atomic E-state index is 0.0237.